The molecule has 0 aliphatic carbocycles. The van der Waals surface area contributed by atoms with Gasteiger partial charge in [0.05, 0.1) is 0 Å². The molecule has 0 bridgehead atoms. The predicted molar refractivity (Wildman–Crippen MR) is 31.3 cm³/mol. The molecular weight excluding hydrogens is 106 g/mol. The highest BCUT2D eigenvalue weighted by molar-refractivity contribution is 4.37. The Morgan fingerprint density at radius 3 is 2.75 bits per heavy atom. The molecule has 0 spiro atoms. The van der Waals surface area contributed by atoms with E-state index in [-0.39, 0.29) is 0 Å². The first kappa shape index (κ1) is 7.88. The Morgan fingerprint density at radius 1 is 1.75 bits per heavy atom. The SMILES string of the molecule is CCCNC(O)OC. The van der Waals surface area contributed by atoms with Crippen molar-refractivity contribution >= 4 is 0 Å². The zero-order valence-electron chi connectivity index (χ0n) is 5.35. The van der Waals surface area contributed by atoms with Gasteiger partial charge in [0.15, 0.2) is 0 Å². The van der Waals surface area contributed by atoms with E-state index in [0.717, 1.165) is 13.0 Å². The molecule has 3 nitrogen and oxygen atoms in total. The van der Waals surface area contributed by atoms with E-state index >= 15 is 0 Å². The Bertz CT molecular complexity index is 49.7. The molecule has 0 aromatic rings. The fourth-order valence-electron chi connectivity index (χ4n) is 0.351. The molecule has 0 saturated heterocycles. The average molecular weight is 119 g/mol. The summed E-state index contributed by atoms with van der Waals surface area (Å²) in [5.74, 6) is 0. The van der Waals surface area contributed by atoms with E-state index in [2.05, 4.69) is 10.1 Å². The van der Waals surface area contributed by atoms with Gasteiger partial charge in [0.2, 0.25) is 6.41 Å². The van der Waals surface area contributed by atoms with Crippen molar-refractivity contribution in [2.75, 3.05) is 13.7 Å². The van der Waals surface area contributed by atoms with E-state index in [0.29, 0.717) is 0 Å². The molecule has 8 heavy (non-hydrogen) atoms. The molecule has 2 N–H and O–H groups in total. The van der Waals surface area contributed by atoms with Crippen LogP contribution in [0.3, 0.4) is 0 Å². The monoisotopic (exact) mass is 119 g/mol. The number of aliphatic hydroxyl groups excluding tert-OH is 1. The summed E-state index contributed by atoms with van der Waals surface area (Å²) in [7, 11) is 1.45. The molecule has 0 radical (unpaired) electrons. The summed E-state index contributed by atoms with van der Waals surface area (Å²) in [5, 5.41) is 11.4. The third kappa shape index (κ3) is 4.05. The number of aliphatic hydroxyl groups is 1. The van der Waals surface area contributed by atoms with Crippen molar-refractivity contribution in [1.29, 1.82) is 0 Å². The molecule has 0 amide bonds. The number of methoxy groups -OCH3 is 1. The summed E-state index contributed by atoms with van der Waals surface area (Å²) in [4.78, 5) is 0. The first-order valence-corrected chi connectivity index (χ1v) is 2.75. The Morgan fingerprint density at radius 2 is 2.38 bits per heavy atom. The molecule has 0 rings (SSSR count). The minimum atomic E-state index is -0.796. The Labute approximate surface area is 49.7 Å². The standard InChI is InChI=1S/C5H13NO2/c1-3-4-6-5(7)8-2/h5-7H,3-4H2,1-2H3. The van der Waals surface area contributed by atoms with Crippen molar-refractivity contribution in [2.24, 2.45) is 0 Å². The first-order valence-electron chi connectivity index (χ1n) is 2.75. The molecular formula is C5H13NO2. The van der Waals surface area contributed by atoms with Gasteiger partial charge in [-0.1, -0.05) is 6.92 Å². The van der Waals surface area contributed by atoms with Crippen LogP contribution < -0.4 is 5.32 Å². The minimum Gasteiger partial charge on any atom is -0.356 e. The smallest absolute Gasteiger partial charge is 0.213 e. The Hall–Kier alpha value is -0.120. The predicted octanol–water partition coefficient (Wildman–Crippen LogP) is -0.0917. The van der Waals surface area contributed by atoms with Crippen LogP contribution in [0.1, 0.15) is 13.3 Å². The van der Waals surface area contributed by atoms with E-state index in [9.17, 15) is 0 Å². The maximum Gasteiger partial charge on any atom is 0.213 e. The van der Waals surface area contributed by atoms with Crippen molar-refractivity contribution in [3.05, 3.63) is 0 Å². The fraction of sp³-hybridized carbons (Fsp3) is 1.00. The molecule has 1 unspecified atom stereocenters. The van der Waals surface area contributed by atoms with Crippen molar-refractivity contribution in [1.82, 2.24) is 5.32 Å². The molecule has 3 heteroatoms. The van der Waals surface area contributed by atoms with Gasteiger partial charge < -0.3 is 9.84 Å². The number of hydrogen-bond donors (Lipinski definition) is 2. The van der Waals surface area contributed by atoms with Gasteiger partial charge in [-0.05, 0) is 13.0 Å². The van der Waals surface area contributed by atoms with Gasteiger partial charge in [0.1, 0.15) is 0 Å². The fourth-order valence-corrected chi connectivity index (χ4v) is 0.351. The molecule has 0 aromatic carbocycles. The summed E-state index contributed by atoms with van der Waals surface area (Å²) >= 11 is 0. The lowest BCUT2D eigenvalue weighted by Crippen LogP contribution is -2.30. The van der Waals surface area contributed by atoms with Gasteiger partial charge in [-0.25, -0.2) is 0 Å². The highest BCUT2D eigenvalue weighted by atomic mass is 16.6. The summed E-state index contributed by atoms with van der Waals surface area (Å²) in [6, 6.07) is 0. The molecule has 0 aromatic heterocycles. The molecule has 0 fully saturated rings. The van der Waals surface area contributed by atoms with Crippen LogP contribution in [0.2, 0.25) is 0 Å². The van der Waals surface area contributed by atoms with Gasteiger partial charge >= 0.3 is 0 Å². The number of rotatable bonds is 4. The van der Waals surface area contributed by atoms with E-state index in [1.165, 1.54) is 7.11 Å². The Kier molecular flexibility index (Phi) is 4.95. The van der Waals surface area contributed by atoms with Crippen LogP contribution in [-0.2, 0) is 4.74 Å². The zero-order valence-corrected chi connectivity index (χ0v) is 5.35. The Balaban J connectivity index is 2.86. The van der Waals surface area contributed by atoms with Gasteiger partial charge in [0, 0.05) is 7.11 Å². The number of ether oxygens (including phenoxy) is 1. The average Bonchev–Trinajstić information content (AvgIpc) is 1.83. The third-order valence-corrected chi connectivity index (χ3v) is 0.792. The van der Waals surface area contributed by atoms with Crippen molar-refractivity contribution in [3.8, 4) is 0 Å². The lowest BCUT2D eigenvalue weighted by atomic mass is 10.5. The molecule has 0 saturated carbocycles. The third-order valence-electron chi connectivity index (χ3n) is 0.792. The summed E-state index contributed by atoms with van der Waals surface area (Å²) in [6.07, 6.45) is 0.204. The molecule has 0 aliphatic heterocycles. The zero-order chi connectivity index (χ0) is 6.41. The lowest BCUT2D eigenvalue weighted by Gasteiger charge is -2.07. The second-order valence-electron chi connectivity index (χ2n) is 1.54. The van der Waals surface area contributed by atoms with E-state index in [1.807, 2.05) is 6.92 Å². The minimum absolute atomic E-state index is 0.787. The molecule has 0 heterocycles. The lowest BCUT2D eigenvalue weighted by molar-refractivity contribution is -0.0962. The topological polar surface area (TPSA) is 41.5 Å². The summed E-state index contributed by atoms with van der Waals surface area (Å²) in [5.41, 5.74) is 0. The van der Waals surface area contributed by atoms with Crippen LogP contribution >= 0.6 is 0 Å². The number of hydrogen-bond acceptors (Lipinski definition) is 3. The van der Waals surface area contributed by atoms with Crippen LogP contribution in [-0.4, -0.2) is 25.2 Å². The van der Waals surface area contributed by atoms with Crippen molar-refractivity contribution < 1.29 is 9.84 Å². The maximum absolute atomic E-state index is 8.66. The molecule has 50 valence electrons. The van der Waals surface area contributed by atoms with Crippen molar-refractivity contribution in [2.45, 2.75) is 19.8 Å². The molecule has 1 atom stereocenters. The van der Waals surface area contributed by atoms with Crippen LogP contribution in [0.4, 0.5) is 0 Å². The first-order chi connectivity index (χ1) is 3.81. The van der Waals surface area contributed by atoms with Crippen LogP contribution in [0.15, 0.2) is 0 Å². The highest BCUT2D eigenvalue weighted by Crippen LogP contribution is 1.76. The van der Waals surface area contributed by atoms with E-state index < -0.39 is 6.41 Å². The maximum atomic E-state index is 8.66. The number of nitrogens with one attached hydrogen (secondary N) is 1. The quantitative estimate of drug-likeness (QED) is 0.508. The summed E-state index contributed by atoms with van der Waals surface area (Å²) < 4.78 is 4.50. The van der Waals surface area contributed by atoms with Gasteiger partial charge in [-0.15, -0.1) is 0 Å². The molecule has 0 aliphatic rings. The second kappa shape index (κ2) is 5.03. The van der Waals surface area contributed by atoms with Gasteiger partial charge in [-0.3, -0.25) is 5.32 Å². The van der Waals surface area contributed by atoms with Gasteiger partial charge in [0.25, 0.3) is 0 Å². The van der Waals surface area contributed by atoms with Crippen LogP contribution in [0, 0.1) is 0 Å². The van der Waals surface area contributed by atoms with Crippen molar-refractivity contribution in [3.63, 3.8) is 0 Å². The van der Waals surface area contributed by atoms with E-state index in [1.54, 1.807) is 0 Å². The largest absolute Gasteiger partial charge is 0.356 e. The highest BCUT2D eigenvalue weighted by Gasteiger charge is 1.94. The van der Waals surface area contributed by atoms with E-state index in [4.69, 9.17) is 5.11 Å². The summed E-state index contributed by atoms with van der Waals surface area (Å²) in [6.45, 7) is 2.81. The van der Waals surface area contributed by atoms with Gasteiger partial charge in [-0.2, -0.15) is 0 Å². The van der Waals surface area contributed by atoms with Crippen LogP contribution in [0.5, 0.6) is 0 Å². The second-order valence-corrected chi connectivity index (χ2v) is 1.54. The normalized spacial score (nSPS) is 13.9. The van der Waals surface area contributed by atoms with Crippen LogP contribution in [0.25, 0.3) is 0 Å².